The molecule has 2 unspecified atom stereocenters. The van der Waals surface area contributed by atoms with Crippen LogP contribution in [0.5, 0.6) is 0 Å². The van der Waals surface area contributed by atoms with Crippen molar-refractivity contribution in [3.63, 3.8) is 0 Å². The first-order valence-corrected chi connectivity index (χ1v) is 5.35. The monoisotopic (exact) mass is 215 g/mol. The molecule has 1 amide bonds. The number of aliphatic hydroxyl groups excluding tert-OH is 1. The molecule has 2 atom stereocenters. The smallest absolute Gasteiger partial charge is 0.228 e. The van der Waals surface area contributed by atoms with Crippen LogP contribution in [0.3, 0.4) is 0 Å². The minimum absolute atomic E-state index is 0.0156. The first-order chi connectivity index (χ1) is 6.90. The molecule has 0 bridgehead atoms. The molecule has 0 aromatic heterocycles. The maximum atomic E-state index is 12.1. The zero-order valence-corrected chi connectivity index (χ0v) is 9.99. The van der Waals surface area contributed by atoms with Crippen molar-refractivity contribution in [3.8, 4) is 0 Å². The minimum atomic E-state index is -0.393. The molecule has 0 aliphatic carbocycles. The van der Waals surface area contributed by atoms with E-state index < -0.39 is 5.41 Å². The minimum Gasteiger partial charge on any atom is -0.394 e. The van der Waals surface area contributed by atoms with Crippen LogP contribution in [-0.4, -0.2) is 48.3 Å². The number of hydrogen-bond acceptors (Lipinski definition) is 3. The highest BCUT2D eigenvalue weighted by Gasteiger charge is 2.38. The van der Waals surface area contributed by atoms with E-state index in [-0.39, 0.29) is 24.7 Å². The highest BCUT2D eigenvalue weighted by Crippen LogP contribution is 2.26. The Balaban J connectivity index is 2.72. The van der Waals surface area contributed by atoms with E-state index in [2.05, 4.69) is 0 Å². The fraction of sp³-hybridized carbons (Fsp3) is 0.909. The average molecular weight is 215 g/mol. The van der Waals surface area contributed by atoms with E-state index in [0.717, 1.165) is 6.42 Å². The lowest BCUT2D eigenvalue weighted by Gasteiger charge is -2.29. The van der Waals surface area contributed by atoms with Gasteiger partial charge in [-0.25, -0.2) is 0 Å². The number of carbonyl (C=O) groups excluding carboxylic acids is 1. The summed E-state index contributed by atoms with van der Waals surface area (Å²) in [7, 11) is 1.64. The molecular formula is C11H21NO3. The number of methoxy groups -OCH3 is 1. The summed E-state index contributed by atoms with van der Waals surface area (Å²) >= 11 is 0. The summed E-state index contributed by atoms with van der Waals surface area (Å²) in [6.45, 7) is 6.29. The Bertz CT molecular complexity index is 234. The van der Waals surface area contributed by atoms with Crippen molar-refractivity contribution < 1.29 is 14.6 Å². The van der Waals surface area contributed by atoms with E-state index in [1.807, 2.05) is 20.8 Å². The standard InChI is InChI=1S/C11H21NO3/c1-11(2,3)10(14)12-6-9(15-4)5-8(12)7-13/h8-9,13H,5-7H2,1-4H3. The summed E-state index contributed by atoms with van der Waals surface area (Å²) in [4.78, 5) is 13.8. The number of amides is 1. The predicted molar refractivity (Wildman–Crippen MR) is 57.5 cm³/mol. The normalized spacial score (nSPS) is 27.1. The van der Waals surface area contributed by atoms with Gasteiger partial charge in [0.15, 0.2) is 0 Å². The van der Waals surface area contributed by atoms with Crippen LogP contribution >= 0.6 is 0 Å². The van der Waals surface area contributed by atoms with E-state index in [9.17, 15) is 9.90 Å². The molecule has 0 aromatic carbocycles. The van der Waals surface area contributed by atoms with Crippen molar-refractivity contribution in [1.29, 1.82) is 0 Å². The third-order valence-corrected chi connectivity index (χ3v) is 2.82. The second kappa shape index (κ2) is 4.49. The quantitative estimate of drug-likeness (QED) is 0.735. The van der Waals surface area contributed by atoms with Gasteiger partial charge in [0, 0.05) is 19.1 Å². The summed E-state index contributed by atoms with van der Waals surface area (Å²) in [6, 6.07) is -0.0818. The van der Waals surface area contributed by atoms with Gasteiger partial charge >= 0.3 is 0 Å². The number of carbonyl (C=O) groups is 1. The molecule has 1 aliphatic rings. The van der Waals surface area contributed by atoms with Crippen molar-refractivity contribution in [2.45, 2.75) is 39.3 Å². The summed E-state index contributed by atoms with van der Waals surface area (Å²) in [5.74, 6) is 0.0844. The van der Waals surface area contributed by atoms with Gasteiger partial charge in [-0.2, -0.15) is 0 Å². The van der Waals surface area contributed by atoms with Gasteiger partial charge in [0.1, 0.15) is 0 Å². The molecule has 0 radical (unpaired) electrons. The van der Waals surface area contributed by atoms with E-state index in [1.54, 1.807) is 12.0 Å². The number of ether oxygens (including phenoxy) is 1. The summed E-state index contributed by atoms with van der Waals surface area (Å²) in [6.07, 6.45) is 0.794. The van der Waals surface area contributed by atoms with Gasteiger partial charge in [-0.05, 0) is 6.42 Å². The molecule has 4 nitrogen and oxygen atoms in total. The first kappa shape index (κ1) is 12.5. The van der Waals surface area contributed by atoms with Crippen LogP contribution in [0.2, 0.25) is 0 Å². The third-order valence-electron chi connectivity index (χ3n) is 2.82. The van der Waals surface area contributed by atoms with Gasteiger partial charge in [-0.3, -0.25) is 4.79 Å². The molecule has 4 heteroatoms. The van der Waals surface area contributed by atoms with E-state index in [1.165, 1.54) is 0 Å². The molecule has 1 fully saturated rings. The Morgan fingerprint density at radius 1 is 1.53 bits per heavy atom. The maximum Gasteiger partial charge on any atom is 0.228 e. The Morgan fingerprint density at radius 3 is 2.53 bits per heavy atom. The molecule has 1 heterocycles. The molecule has 1 N–H and O–H groups in total. The molecule has 1 rings (SSSR count). The SMILES string of the molecule is COC1CC(CO)N(C(=O)C(C)(C)C)C1. The molecule has 88 valence electrons. The summed E-state index contributed by atoms with van der Waals surface area (Å²) in [5, 5.41) is 9.21. The molecule has 1 saturated heterocycles. The van der Waals surface area contributed by atoms with Crippen LogP contribution in [0.1, 0.15) is 27.2 Å². The summed E-state index contributed by atoms with van der Waals surface area (Å²) in [5.41, 5.74) is -0.393. The highest BCUT2D eigenvalue weighted by atomic mass is 16.5. The van der Waals surface area contributed by atoms with Crippen molar-refractivity contribution in [2.75, 3.05) is 20.3 Å². The van der Waals surface area contributed by atoms with Crippen LogP contribution in [0, 0.1) is 5.41 Å². The van der Waals surface area contributed by atoms with E-state index in [0.29, 0.717) is 6.54 Å². The van der Waals surface area contributed by atoms with Crippen LogP contribution in [0.4, 0.5) is 0 Å². The van der Waals surface area contributed by atoms with Gasteiger partial charge in [-0.15, -0.1) is 0 Å². The lowest BCUT2D eigenvalue weighted by molar-refractivity contribution is -0.141. The number of rotatable bonds is 2. The lowest BCUT2D eigenvalue weighted by atomic mass is 9.94. The second-order valence-electron chi connectivity index (χ2n) is 5.14. The Hall–Kier alpha value is -0.610. The molecule has 1 aliphatic heterocycles. The predicted octanol–water partition coefficient (Wildman–Crippen LogP) is 0.641. The van der Waals surface area contributed by atoms with Gasteiger partial charge in [0.25, 0.3) is 0 Å². The number of nitrogens with zero attached hydrogens (tertiary/aromatic N) is 1. The molecule has 0 aromatic rings. The fourth-order valence-electron chi connectivity index (χ4n) is 1.90. The molecule has 15 heavy (non-hydrogen) atoms. The molecule has 0 saturated carbocycles. The maximum absolute atomic E-state index is 12.1. The zero-order valence-electron chi connectivity index (χ0n) is 9.99. The average Bonchev–Trinajstić information content (AvgIpc) is 2.57. The Labute approximate surface area is 91.2 Å². The third kappa shape index (κ3) is 2.69. The van der Waals surface area contributed by atoms with Crippen LogP contribution in [0.15, 0.2) is 0 Å². The van der Waals surface area contributed by atoms with Crippen molar-refractivity contribution in [3.05, 3.63) is 0 Å². The van der Waals surface area contributed by atoms with Gasteiger partial charge in [-0.1, -0.05) is 20.8 Å². The first-order valence-electron chi connectivity index (χ1n) is 5.35. The number of hydrogen-bond donors (Lipinski definition) is 1. The van der Waals surface area contributed by atoms with Crippen molar-refractivity contribution in [2.24, 2.45) is 5.41 Å². The van der Waals surface area contributed by atoms with Crippen LogP contribution < -0.4 is 0 Å². The van der Waals surface area contributed by atoms with E-state index >= 15 is 0 Å². The van der Waals surface area contributed by atoms with E-state index in [4.69, 9.17) is 4.74 Å². The Morgan fingerprint density at radius 2 is 2.13 bits per heavy atom. The van der Waals surface area contributed by atoms with Crippen LogP contribution in [0.25, 0.3) is 0 Å². The summed E-state index contributed by atoms with van der Waals surface area (Å²) < 4.78 is 5.23. The molecular weight excluding hydrogens is 194 g/mol. The van der Waals surface area contributed by atoms with Gasteiger partial charge in [0.2, 0.25) is 5.91 Å². The highest BCUT2D eigenvalue weighted by molar-refractivity contribution is 5.82. The van der Waals surface area contributed by atoms with Crippen molar-refractivity contribution >= 4 is 5.91 Å². The second-order valence-corrected chi connectivity index (χ2v) is 5.14. The zero-order chi connectivity index (χ0) is 11.6. The number of likely N-dealkylation sites (tertiary alicyclic amines) is 1. The fourth-order valence-corrected chi connectivity index (χ4v) is 1.90. The molecule has 0 spiro atoms. The van der Waals surface area contributed by atoms with Crippen molar-refractivity contribution in [1.82, 2.24) is 4.90 Å². The number of aliphatic hydroxyl groups is 1. The Kier molecular flexibility index (Phi) is 3.73. The lowest BCUT2D eigenvalue weighted by Crippen LogP contribution is -2.44. The largest absolute Gasteiger partial charge is 0.394 e. The van der Waals surface area contributed by atoms with Gasteiger partial charge in [0.05, 0.1) is 18.8 Å². The topological polar surface area (TPSA) is 49.8 Å². The van der Waals surface area contributed by atoms with Gasteiger partial charge < -0.3 is 14.7 Å². The van der Waals surface area contributed by atoms with Crippen LogP contribution in [-0.2, 0) is 9.53 Å².